The first kappa shape index (κ1) is 21.3. The Hall–Kier alpha value is -3.46. The van der Waals surface area contributed by atoms with E-state index in [2.05, 4.69) is 26.1 Å². The third-order valence-corrected chi connectivity index (χ3v) is 5.25. The van der Waals surface area contributed by atoms with Gasteiger partial charge in [0.25, 0.3) is 0 Å². The predicted octanol–water partition coefficient (Wildman–Crippen LogP) is 6.56. The maximum absolute atomic E-state index is 8.90. The molecule has 7 heteroatoms. The van der Waals surface area contributed by atoms with Crippen molar-refractivity contribution in [1.29, 1.82) is 0 Å². The number of terminal acetylenes is 1. The minimum atomic E-state index is 0.556. The molecule has 3 aromatic rings. The number of hydrogen-bond donors (Lipinski definition) is 0. The lowest BCUT2D eigenvalue weighted by Crippen LogP contribution is -1.97. The molecule has 0 unspecified atom stereocenters. The Morgan fingerprint density at radius 1 is 1.07 bits per heavy atom. The molecule has 1 aromatic heterocycles. The van der Waals surface area contributed by atoms with Crippen LogP contribution in [0.15, 0.2) is 70.8 Å². The summed E-state index contributed by atoms with van der Waals surface area (Å²) in [6, 6.07) is 19.4. The second-order valence-electron chi connectivity index (χ2n) is 6.40. The first-order valence-electron chi connectivity index (χ1n) is 9.56. The zero-order valence-corrected chi connectivity index (χ0v) is 17.3. The van der Waals surface area contributed by atoms with Crippen molar-refractivity contribution in [3.05, 3.63) is 76.7 Å². The Morgan fingerprint density at radius 3 is 2.67 bits per heavy atom. The Balaban J connectivity index is 1.61. The molecule has 0 spiro atoms. The monoisotopic (exact) mass is 415 g/mol. The first-order chi connectivity index (χ1) is 14.8. The van der Waals surface area contributed by atoms with E-state index in [1.165, 1.54) is 11.8 Å². The summed E-state index contributed by atoms with van der Waals surface area (Å²) in [5.41, 5.74) is 12.2. The molecule has 30 heavy (non-hydrogen) atoms. The first-order valence-corrected chi connectivity index (χ1v) is 10.5. The van der Waals surface area contributed by atoms with Gasteiger partial charge in [-0.3, -0.25) is 0 Å². The van der Waals surface area contributed by atoms with Gasteiger partial charge in [-0.25, -0.2) is 0 Å². The summed E-state index contributed by atoms with van der Waals surface area (Å²) in [4.78, 5) is 2.94. The Morgan fingerprint density at radius 2 is 1.93 bits per heavy atom. The number of ether oxygens (including phenoxy) is 1. The van der Waals surface area contributed by atoms with Gasteiger partial charge in [-0.1, -0.05) is 53.3 Å². The molecule has 150 valence electrons. The number of benzene rings is 2. The quantitative estimate of drug-likeness (QED) is 0.0937. The van der Waals surface area contributed by atoms with Gasteiger partial charge in [-0.2, -0.15) is 0 Å². The summed E-state index contributed by atoms with van der Waals surface area (Å²) in [7, 11) is 0. The fraction of sp³-hybridized carbons (Fsp3) is 0.217. The van der Waals surface area contributed by atoms with Crippen LogP contribution in [0.3, 0.4) is 0 Å². The highest BCUT2D eigenvalue weighted by atomic mass is 32.2. The summed E-state index contributed by atoms with van der Waals surface area (Å²) in [5.74, 6) is 3.90. The van der Waals surface area contributed by atoms with Gasteiger partial charge in [-0.15, -0.1) is 22.5 Å². The minimum Gasteiger partial charge on any atom is -0.494 e. The zero-order valence-electron chi connectivity index (χ0n) is 16.4. The maximum Gasteiger partial charge on any atom is 0.119 e. The van der Waals surface area contributed by atoms with Crippen LogP contribution < -0.4 is 4.74 Å². The summed E-state index contributed by atoms with van der Waals surface area (Å²) >= 11 is 1.53. The summed E-state index contributed by atoms with van der Waals surface area (Å²) in [5, 5.41) is 13.2. The van der Waals surface area contributed by atoms with E-state index in [-0.39, 0.29) is 0 Å². The number of hydrogen-bond acceptors (Lipinski definition) is 5. The van der Waals surface area contributed by atoms with E-state index in [4.69, 9.17) is 16.7 Å². The average molecular weight is 416 g/mol. The van der Waals surface area contributed by atoms with Crippen LogP contribution in [0.25, 0.3) is 21.7 Å². The third-order valence-electron chi connectivity index (χ3n) is 4.28. The lowest BCUT2D eigenvalue weighted by Gasteiger charge is -2.10. The van der Waals surface area contributed by atoms with Gasteiger partial charge >= 0.3 is 0 Å². The molecule has 0 radical (unpaired) electrons. The van der Waals surface area contributed by atoms with E-state index in [0.29, 0.717) is 23.8 Å². The molecule has 1 heterocycles. The van der Waals surface area contributed by atoms with Crippen LogP contribution in [0.1, 0.15) is 24.8 Å². The van der Waals surface area contributed by atoms with Gasteiger partial charge in [0, 0.05) is 28.3 Å². The Labute approximate surface area is 180 Å². The molecular formula is C23H21N5OS. The molecule has 0 aliphatic heterocycles. The predicted molar refractivity (Wildman–Crippen MR) is 120 cm³/mol. The number of unbranched alkanes of at least 4 members (excludes halogenated alkanes) is 2. The smallest absolute Gasteiger partial charge is 0.119 e. The van der Waals surface area contributed by atoms with Gasteiger partial charge in [-0.05, 0) is 48.2 Å². The van der Waals surface area contributed by atoms with Crippen molar-refractivity contribution in [3.8, 4) is 29.4 Å². The minimum absolute atomic E-state index is 0.556. The molecule has 0 saturated heterocycles. The maximum atomic E-state index is 8.90. The van der Waals surface area contributed by atoms with Gasteiger partial charge in [0.05, 0.1) is 12.3 Å². The van der Waals surface area contributed by atoms with Crippen molar-refractivity contribution in [2.45, 2.75) is 30.0 Å². The largest absolute Gasteiger partial charge is 0.494 e. The molecule has 0 atom stereocenters. The lowest BCUT2D eigenvalue weighted by molar-refractivity contribution is 0.308. The highest BCUT2D eigenvalue weighted by molar-refractivity contribution is 7.98. The van der Waals surface area contributed by atoms with Crippen LogP contribution in [-0.4, -0.2) is 16.8 Å². The molecule has 6 nitrogen and oxygen atoms in total. The number of aromatic nitrogens is 2. The van der Waals surface area contributed by atoms with Crippen molar-refractivity contribution in [3.63, 3.8) is 0 Å². The summed E-state index contributed by atoms with van der Waals surface area (Å²) in [6.45, 7) is 0.578. The van der Waals surface area contributed by atoms with E-state index in [1.54, 1.807) is 6.07 Å². The number of azide groups is 1. The van der Waals surface area contributed by atoms with Crippen LogP contribution in [0.5, 0.6) is 5.75 Å². The topological polar surface area (TPSA) is 83.8 Å². The van der Waals surface area contributed by atoms with Crippen molar-refractivity contribution in [2.75, 3.05) is 6.61 Å². The zero-order chi connectivity index (χ0) is 21.0. The summed E-state index contributed by atoms with van der Waals surface area (Å²) in [6.07, 6.45) is 7.81. The van der Waals surface area contributed by atoms with E-state index in [1.807, 2.05) is 54.6 Å². The second-order valence-corrected chi connectivity index (χ2v) is 7.40. The van der Waals surface area contributed by atoms with Crippen molar-refractivity contribution in [2.24, 2.45) is 5.11 Å². The van der Waals surface area contributed by atoms with Gasteiger partial charge in [0.15, 0.2) is 0 Å². The van der Waals surface area contributed by atoms with Crippen molar-refractivity contribution < 1.29 is 4.74 Å². The van der Waals surface area contributed by atoms with Crippen LogP contribution in [0.2, 0.25) is 0 Å². The fourth-order valence-electron chi connectivity index (χ4n) is 2.73. The normalized spacial score (nSPS) is 10.1. The summed E-state index contributed by atoms with van der Waals surface area (Å²) < 4.78 is 5.73. The highest BCUT2D eigenvalue weighted by Gasteiger charge is 2.07. The number of rotatable bonds is 10. The molecule has 0 saturated carbocycles. The Bertz CT molecular complexity index is 1040. The fourth-order valence-corrected chi connectivity index (χ4v) is 3.54. The molecule has 0 aliphatic rings. The van der Waals surface area contributed by atoms with Crippen molar-refractivity contribution in [1.82, 2.24) is 10.2 Å². The van der Waals surface area contributed by atoms with Crippen LogP contribution >= 0.6 is 11.8 Å². The molecule has 0 N–H and O–H groups in total. The third kappa shape index (κ3) is 6.28. The standard InChI is InChI=1S/C23H21N5OS/c1-2-3-4-8-15-29-20-12-11-19(22(16-20)26-28-24)17-30-23-14-13-21(25-27-23)18-9-6-5-7-10-18/h1,5-7,9-14,16H,3-4,8,15,17H2. The number of thioether (sulfide) groups is 1. The van der Waals surface area contributed by atoms with E-state index >= 15 is 0 Å². The van der Waals surface area contributed by atoms with E-state index in [9.17, 15) is 0 Å². The van der Waals surface area contributed by atoms with Gasteiger partial charge in [0.2, 0.25) is 0 Å². The molecule has 0 fully saturated rings. The van der Waals surface area contributed by atoms with Crippen molar-refractivity contribution >= 4 is 17.4 Å². The van der Waals surface area contributed by atoms with E-state index < -0.39 is 0 Å². The number of nitrogens with zero attached hydrogens (tertiary/aromatic N) is 5. The van der Waals surface area contributed by atoms with Crippen LogP contribution in [0, 0.1) is 12.3 Å². The molecule has 0 bridgehead atoms. The second kappa shape index (κ2) is 11.5. The van der Waals surface area contributed by atoms with Crippen LogP contribution in [-0.2, 0) is 5.75 Å². The van der Waals surface area contributed by atoms with E-state index in [0.717, 1.165) is 41.1 Å². The van der Waals surface area contributed by atoms with Gasteiger partial charge < -0.3 is 4.74 Å². The molecule has 0 amide bonds. The average Bonchev–Trinajstić information content (AvgIpc) is 2.79. The molecule has 2 aromatic carbocycles. The SMILES string of the molecule is C#CCCCCOc1ccc(CSc2ccc(-c3ccccc3)nn2)c(N=[N+]=[N-])c1. The lowest BCUT2D eigenvalue weighted by atomic mass is 10.1. The highest BCUT2D eigenvalue weighted by Crippen LogP contribution is 2.31. The molecule has 3 rings (SSSR count). The van der Waals surface area contributed by atoms with Gasteiger partial charge in [0.1, 0.15) is 10.8 Å². The molecule has 0 aliphatic carbocycles. The Kier molecular flexibility index (Phi) is 8.16. The molecular weight excluding hydrogens is 394 g/mol. The van der Waals surface area contributed by atoms with Crippen LogP contribution in [0.4, 0.5) is 5.69 Å².